The molecule has 1 aromatic carbocycles. The van der Waals surface area contributed by atoms with E-state index in [9.17, 15) is 27.6 Å². The van der Waals surface area contributed by atoms with Gasteiger partial charge in [-0.15, -0.1) is 0 Å². The molecule has 26 heavy (non-hydrogen) atoms. The number of fused-ring (bicyclic) bond motifs is 1. The molecule has 1 aromatic heterocycles. The first-order valence-electron chi connectivity index (χ1n) is 7.38. The van der Waals surface area contributed by atoms with Crippen LogP contribution in [0.25, 0.3) is 11.0 Å². The van der Waals surface area contributed by atoms with Crippen molar-refractivity contribution in [1.82, 2.24) is 10.6 Å². The Labute approximate surface area is 145 Å². The number of amides is 3. The van der Waals surface area contributed by atoms with Crippen molar-refractivity contribution in [2.45, 2.75) is 20.0 Å². The van der Waals surface area contributed by atoms with Gasteiger partial charge >= 0.3 is 17.8 Å². The molecule has 0 atom stereocenters. The Bertz CT molecular complexity index is 905. The molecule has 0 saturated heterocycles. The van der Waals surface area contributed by atoms with Gasteiger partial charge in [0.1, 0.15) is 17.9 Å². The van der Waals surface area contributed by atoms with Gasteiger partial charge in [-0.25, -0.2) is 9.59 Å². The van der Waals surface area contributed by atoms with Crippen LogP contribution in [0.1, 0.15) is 11.1 Å². The van der Waals surface area contributed by atoms with Gasteiger partial charge in [0.15, 0.2) is 6.61 Å². The van der Waals surface area contributed by atoms with Gasteiger partial charge < -0.3 is 14.5 Å². The Balaban J connectivity index is 2.01. The van der Waals surface area contributed by atoms with E-state index in [1.807, 2.05) is 0 Å². The highest BCUT2D eigenvalue weighted by Gasteiger charge is 2.28. The first-order chi connectivity index (χ1) is 12.1. The summed E-state index contributed by atoms with van der Waals surface area (Å²) < 4.78 is 46.3. The summed E-state index contributed by atoms with van der Waals surface area (Å²) in [4.78, 5) is 34.3. The molecule has 0 radical (unpaired) electrons. The van der Waals surface area contributed by atoms with Crippen molar-refractivity contribution < 1.29 is 31.9 Å². The molecule has 0 saturated carbocycles. The van der Waals surface area contributed by atoms with Gasteiger partial charge in [-0.1, -0.05) is 0 Å². The molecule has 0 aliphatic carbocycles. The quantitative estimate of drug-likeness (QED) is 0.802. The zero-order valence-corrected chi connectivity index (χ0v) is 13.8. The summed E-state index contributed by atoms with van der Waals surface area (Å²) in [6.07, 6.45) is -4.58. The normalized spacial score (nSPS) is 11.3. The molecular weight excluding hydrogens is 357 g/mol. The number of carbonyl (C=O) groups is 2. The van der Waals surface area contributed by atoms with Crippen LogP contribution in [0.2, 0.25) is 0 Å². The summed E-state index contributed by atoms with van der Waals surface area (Å²) in [5, 5.41) is 3.91. The number of hydrogen-bond acceptors (Lipinski definition) is 5. The van der Waals surface area contributed by atoms with Gasteiger partial charge in [0, 0.05) is 17.0 Å². The van der Waals surface area contributed by atoms with Crippen molar-refractivity contribution in [1.29, 1.82) is 0 Å². The number of imide groups is 1. The van der Waals surface area contributed by atoms with Crippen LogP contribution in [0.15, 0.2) is 27.4 Å². The number of halogens is 3. The van der Waals surface area contributed by atoms with Crippen LogP contribution >= 0.6 is 0 Å². The number of hydrogen-bond donors (Lipinski definition) is 2. The van der Waals surface area contributed by atoms with Crippen LogP contribution in [-0.2, 0) is 4.79 Å². The van der Waals surface area contributed by atoms with E-state index in [1.165, 1.54) is 11.4 Å². The largest absolute Gasteiger partial charge is 0.483 e. The summed E-state index contributed by atoms with van der Waals surface area (Å²) in [5.41, 5.74) is 0.952. The smallest absolute Gasteiger partial charge is 0.405 e. The number of carbonyl (C=O) groups excluding carboxylic acids is 2. The lowest BCUT2D eigenvalue weighted by atomic mass is 10.1. The molecule has 0 unspecified atom stereocenters. The van der Waals surface area contributed by atoms with Gasteiger partial charge in [0.25, 0.3) is 5.91 Å². The Kier molecular flexibility index (Phi) is 5.53. The minimum absolute atomic E-state index is 0.233. The topological polar surface area (TPSA) is 97.6 Å². The first-order valence-corrected chi connectivity index (χ1v) is 7.38. The third kappa shape index (κ3) is 4.98. The van der Waals surface area contributed by atoms with Crippen LogP contribution in [-0.4, -0.2) is 31.3 Å². The second-order valence-corrected chi connectivity index (χ2v) is 5.45. The van der Waals surface area contributed by atoms with Gasteiger partial charge in [-0.3, -0.25) is 10.1 Å². The second-order valence-electron chi connectivity index (χ2n) is 5.45. The minimum Gasteiger partial charge on any atom is -0.483 e. The lowest BCUT2D eigenvalue weighted by Crippen LogP contribution is -2.44. The molecule has 0 aliphatic rings. The first kappa shape index (κ1) is 19.3. The van der Waals surface area contributed by atoms with Crippen molar-refractivity contribution in [2.75, 3.05) is 13.2 Å². The number of rotatable bonds is 4. The molecule has 2 rings (SSSR count). The van der Waals surface area contributed by atoms with Crippen LogP contribution in [0.5, 0.6) is 5.75 Å². The highest BCUT2D eigenvalue weighted by atomic mass is 19.4. The molecule has 2 N–H and O–H groups in total. The van der Waals surface area contributed by atoms with E-state index < -0.39 is 36.9 Å². The van der Waals surface area contributed by atoms with Crippen LogP contribution in [0.4, 0.5) is 18.0 Å². The van der Waals surface area contributed by atoms with Crippen molar-refractivity contribution >= 4 is 22.9 Å². The van der Waals surface area contributed by atoms with E-state index in [1.54, 1.807) is 31.3 Å². The minimum atomic E-state index is -4.58. The van der Waals surface area contributed by atoms with Crippen molar-refractivity contribution in [3.05, 3.63) is 39.7 Å². The molecule has 0 aliphatic heterocycles. The standard InChI is InChI=1S/C16H15F3N2O5/c1-8-5-13(23)26-14-9(2)11(4-3-10(8)14)25-6-12(22)21-15(24)20-7-16(17,18)19/h3-5H,6-7H2,1-2H3,(H2,20,21,22,24). The van der Waals surface area contributed by atoms with Crippen molar-refractivity contribution in [3.8, 4) is 5.75 Å². The number of alkyl halides is 3. The molecule has 0 bridgehead atoms. The molecule has 2 aromatic rings. The van der Waals surface area contributed by atoms with E-state index in [4.69, 9.17) is 9.15 Å². The fraction of sp³-hybridized carbons (Fsp3) is 0.312. The lowest BCUT2D eigenvalue weighted by Gasteiger charge is -2.12. The van der Waals surface area contributed by atoms with Crippen LogP contribution in [0.3, 0.4) is 0 Å². The fourth-order valence-corrected chi connectivity index (χ4v) is 2.19. The molecule has 7 nitrogen and oxygen atoms in total. The highest BCUT2D eigenvalue weighted by Crippen LogP contribution is 2.28. The third-order valence-electron chi connectivity index (χ3n) is 3.38. The van der Waals surface area contributed by atoms with Crippen molar-refractivity contribution in [3.63, 3.8) is 0 Å². The fourth-order valence-electron chi connectivity index (χ4n) is 2.19. The van der Waals surface area contributed by atoms with Gasteiger partial charge in [-0.05, 0) is 31.5 Å². The monoisotopic (exact) mass is 372 g/mol. The number of ether oxygens (including phenoxy) is 1. The van der Waals surface area contributed by atoms with Crippen molar-refractivity contribution in [2.24, 2.45) is 0 Å². The van der Waals surface area contributed by atoms with E-state index >= 15 is 0 Å². The summed E-state index contributed by atoms with van der Waals surface area (Å²) >= 11 is 0. The summed E-state index contributed by atoms with van der Waals surface area (Å²) in [5.74, 6) is -0.702. The van der Waals surface area contributed by atoms with Crippen LogP contribution in [0, 0.1) is 13.8 Å². The lowest BCUT2D eigenvalue weighted by molar-refractivity contribution is -0.125. The van der Waals surface area contributed by atoms with Gasteiger partial charge in [0.2, 0.25) is 0 Å². The zero-order chi connectivity index (χ0) is 19.5. The molecule has 140 valence electrons. The summed E-state index contributed by atoms with van der Waals surface area (Å²) in [6.45, 7) is 1.19. The summed E-state index contributed by atoms with van der Waals surface area (Å²) in [7, 11) is 0. The Morgan fingerprint density at radius 1 is 1.23 bits per heavy atom. The maximum atomic E-state index is 12.0. The Morgan fingerprint density at radius 2 is 1.92 bits per heavy atom. The maximum Gasteiger partial charge on any atom is 0.405 e. The Morgan fingerprint density at radius 3 is 2.58 bits per heavy atom. The number of urea groups is 1. The molecule has 1 heterocycles. The maximum absolute atomic E-state index is 12.0. The number of nitrogens with one attached hydrogen (secondary N) is 2. The van der Waals surface area contributed by atoms with E-state index in [2.05, 4.69) is 0 Å². The van der Waals surface area contributed by atoms with E-state index in [0.29, 0.717) is 22.1 Å². The second kappa shape index (κ2) is 7.46. The third-order valence-corrected chi connectivity index (χ3v) is 3.38. The summed E-state index contributed by atoms with van der Waals surface area (Å²) in [6, 6.07) is 3.26. The van der Waals surface area contributed by atoms with E-state index in [-0.39, 0.29) is 5.75 Å². The molecular formula is C16H15F3N2O5. The molecule has 3 amide bonds. The van der Waals surface area contributed by atoms with Gasteiger partial charge in [-0.2, -0.15) is 13.2 Å². The van der Waals surface area contributed by atoms with Crippen LogP contribution < -0.4 is 21.0 Å². The highest BCUT2D eigenvalue weighted by molar-refractivity contribution is 5.95. The predicted octanol–water partition coefficient (Wildman–Crippen LogP) is 2.18. The average molecular weight is 372 g/mol. The molecule has 0 spiro atoms. The van der Waals surface area contributed by atoms with E-state index in [0.717, 1.165) is 0 Å². The van der Waals surface area contributed by atoms with Gasteiger partial charge in [0.05, 0.1) is 0 Å². The molecule has 10 heteroatoms. The number of aryl methyl sites for hydroxylation is 2. The average Bonchev–Trinajstić information content (AvgIpc) is 2.52. The number of benzene rings is 1. The predicted molar refractivity (Wildman–Crippen MR) is 85.0 cm³/mol. The SMILES string of the molecule is Cc1cc(=O)oc2c(C)c(OCC(=O)NC(=O)NCC(F)(F)F)ccc12. The zero-order valence-electron chi connectivity index (χ0n) is 13.8. The molecule has 0 fully saturated rings. The Hall–Kier alpha value is -3.04.